The van der Waals surface area contributed by atoms with Crippen LogP contribution in [0.15, 0.2) is 0 Å². The summed E-state index contributed by atoms with van der Waals surface area (Å²) in [7, 11) is 0. The van der Waals surface area contributed by atoms with Crippen molar-refractivity contribution < 1.29 is 14.6 Å². The number of nitrogens with one attached hydrogen (secondary N) is 1. The number of alkyl carbamates (subject to hydrolysis) is 1. The highest BCUT2D eigenvalue weighted by Crippen LogP contribution is 2.31. The molecule has 1 aliphatic rings. The third-order valence-corrected chi connectivity index (χ3v) is 2.38. The fraction of sp³-hybridized carbons (Fsp3) is 0.900. The number of hydrogen-bond donors (Lipinski definition) is 2. The van der Waals surface area contributed by atoms with Gasteiger partial charge in [0, 0.05) is 0 Å². The van der Waals surface area contributed by atoms with Gasteiger partial charge in [-0.2, -0.15) is 0 Å². The third-order valence-electron chi connectivity index (χ3n) is 2.38. The van der Waals surface area contributed by atoms with Crippen molar-refractivity contribution in [2.24, 2.45) is 0 Å². The van der Waals surface area contributed by atoms with Gasteiger partial charge >= 0.3 is 6.09 Å². The molecular weight excluding hydrogens is 182 g/mol. The molecule has 0 aromatic heterocycles. The van der Waals surface area contributed by atoms with E-state index in [2.05, 4.69) is 5.32 Å². The maximum atomic E-state index is 11.3. The summed E-state index contributed by atoms with van der Waals surface area (Å²) in [5.41, 5.74) is -1.25. The minimum absolute atomic E-state index is 0.169. The highest BCUT2D eigenvalue weighted by Gasteiger charge is 2.42. The van der Waals surface area contributed by atoms with Gasteiger partial charge in [-0.3, -0.25) is 0 Å². The van der Waals surface area contributed by atoms with Gasteiger partial charge in [0.05, 0.1) is 11.6 Å². The van der Waals surface area contributed by atoms with Crippen LogP contribution in [0.1, 0.15) is 40.5 Å². The van der Waals surface area contributed by atoms with Gasteiger partial charge in [-0.15, -0.1) is 0 Å². The lowest BCUT2D eigenvalue weighted by molar-refractivity contribution is -0.0544. The van der Waals surface area contributed by atoms with E-state index in [1.54, 1.807) is 6.92 Å². The number of amides is 1. The van der Waals surface area contributed by atoms with Crippen molar-refractivity contribution in [1.82, 2.24) is 5.32 Å². The first kappa shape index (κ1) is 11.3. The Kier molecular flexibility index (Phi) is 2.76. The molecule has 0 aliphatic heterocycles. The average molecular weight is 201 g/mol. The van der Waals surface area contributed by atoms with Crippen molar-refractivity contribution in [1.29, 1.82) is 0 Å². The molecule has 1 aliphatic carbocycles. The standard InChI is InChI=1S/C10H19NO3/c1-9(2,3)14-8(12)11-7-5-6-10(7,4)13/h7,13H,5-6H2,1-4H3,(H,11,12)/t7-,10+/m1/s1. The summed E-state index contributed by atoms with van der Waals surface area (Å²) in [6.45, 7) is 7.15. The lowest BCUT2D eigenvalue weighted by Crippen LogP contribution is -2.59. The third kappa shape index (κ3) is 2.87. The van der Waals surface area contributed by atoms with Crippen LogP contribution in [0.2, 0.25) is 0 Å². The molecule has 2 N–H and O–H groups in total. The van der Waals surface area contributed by atoms with Crippen LogP contribution in [-0.2, 0) is 4.74 Å². The van der Waals surface area contributed by atoms with Gasteiger partial charge in [0.25, 0.3) is 0 Å². The largest absolute Gasteiger partial charge is 0.444 e. The van der Waals surface area contributed by atoms with Crippen LogP contribution in [0.3, 0.4) is 0 Å². The van der Waals surface area contributed by atoms with E-state index in [1.807, 2.05) is 20.8 Å². The van der Waals surface area contributed by atoms with Crippen LogP contribution in [-0.4, -0.2) is 28.4 Å². The number of rotatable bonds is 1. The van der Waals surface area contributed by atoms with E-state index >= 15 is 0 Å². The molecule has 0 spiro atoms. The van der Waals surface area contributed by atoms with Crippen LogP contribution in [0.4, 0.5) is 4.79 Å². The zero-order chi connectivity index (χ0) is 11.0. The number of carbonyl (C=O) groups is 1. The Morgan fingerprint density at radius 1 is 1.57 bits per heavy atom. The second-order valence-electron chi connectivity index (χ2n) is 5.09. The molecule has 14 heavy (non-hydrogen) atoms. The van der Waals surface area contributed by atoms with Crippen molar-refractivity contribution in [3.8, 4) is 0 Å². The Hall–Kier alpha value is -0.770. The van der Waals surface area contributed by atoms with Crippen molar-refractivity contribution in [2.45, 2.75) is 57.8 Å². The van der Waals surface area contributed by atoms with Crippen LogP contribution in [0.5, 0.6) is 0 Å². The van der Waals surface area contributed by atoms with Gasteiger partial charge < -0.3 is 15.2 Å². The average Bonchev–Trinajstić information content (AvgIpc) is 1.95. The maximum Gasteiger partial charge on any atom is 0.407 e. The highest BCUT2D eigenvalue weighted by atomic mass is 16.6. The summed E-state index contributed by atoms with van der Waals surface area (Å²) in [5, 5.41) is 12.3. The molecule has 2 atom stereocenters. The van der Waals surface area contributed by atoms with Crippen LogP contribution < -0.4 is 5.32 Å². The van der Waals surface area contributed by atoms with E-state index in [0.29, 0.717) is 0 Å². The monoisotopic (exact) mass is 201 g/mol. The molecule has 4 heteroatoms. The molecule has 1 fully saturated rings. The molecule has 0 radical (unpaired) electrons. The zero-order valence-electron chi connectivity index (χ0n) is 9.26. The summed E-state index contributed by atoms with van der Waals surface area (Å²) in [4.78, 5) is 11.3. The molecule has 0 aromatic rings. The summed E-state index contributed by atoms with van der Waals surface area (Å²) in [6, 6.07) is -0.169. The van der Waals surface area contributed by atoms with Gasteiger partial charge in [0.15, 0.2) is 0 Å². The molecule has 1 amide bonds. The topological polar surface area (TPSA) is 58.6 Å². The summed E-state index contributed by atoms with van der Waals surface area (Å²) >= 11 is 0. The highest BCUT2D eigenvalue weighted by molar-refractivity contribution is 5.68. The lowest BCUT2D eigenvalue weighted by Gasteiger charge is -2.42. The van der Waals surface area contributed by atoms with Gasteiger partial charge in [0.2, 0.25) is 0 Å². The molecular formula is C10H19NO3. The molecule has 4 nitrogen and oxygen atoms in total. The second kappa shape index (κ2) is 3.42. The Morgan fingerprint density at radius 2 is 2.14 bits per heavy atom. The number of hydrogen-bond acceptors (Lipinski definition) is 3. The lowest BCUT2D eigenvalue weighted by atomic mass is 9.76. The summed E-state index contributed by atoms with van der Waals surface area (Å²) in [5.74, 6) is 0. The van der Waals surface area contributed by atoms with Gasteiger partial charge in [-0.25, -0.2) is 4.79 Å². The predicted molar refractivity (Wildman–Crippen MR) is 53.0 cm³/mol. The van der Waals surface area contributed by atoms with Crippen molar-refractivity contribution >= 4 is 6.09 Å². The Bertz CT molecular complexity index is 230. The Balaban J connectivity index is 2.35. The molecule has 0 aromatic carbocycles. The molecule has 82 valence electrons. The van der Waals surface area contributed by atoms with Crippen LogP contribution >= 0.6 is 0 Å². The van der Waals surface area contributed by atoms with E-state index in [-0.39, 0.29) is 6.04 Å². The molecule has 0 saturated heterocycles. The van der Waals surface area contributed by atoms with E-state index in [0.717, 1.165) is 12.8 Å². The van der Waals surface area contributed by atoms with Gasteiger partial charge in [-0.05, 0) is 40.5 Å². The smallest absolute Gasteiger partial charge is 0.407 e. The summed E-state index contributed by atoms with van der Waals surface area (Å²) in [6.07, 6.45) is 1.09. The van der Waals surface area contributed by atoms with Crippen molar-refractivity contribution in [2.75, 3.05) is 0 Å². The number of aliphatic hydroxyl groups is 1. The van der Waals surface area contributed by atoms with E-state index in [1.165, 1.54) is 0 Å². The van der Waals surface area contributed by atoms with Crippen LogP contribution in [0.25, 0.3) is 0 Å². The van der Waals surface area contributed by atoms with Gasteiger partial charge in [0.1, 0.15) is 5.60 Å². The minimum atomic E-state index is -0.767. The summed E-state index contributed by atoms with van der Waals surface area (Å²) < 4.78 is 5.08. The SMILES string of the molecule is CC(C)(C)OC(=O)N[C@@H]1CC[C@]1(C)O. The Morgan fingerprint density at radius 3 is 2.43 bits per heavy atom. The fourth-order valence-electron chi connectivity index (χ4n) is 1.38. The quantitative estimate of drug-likeness (QED) is 0.674. The maximum absolute atomic E-state index is 11.3. The first-order chi connectivity index (χ1) is 6.21. The number of ether oxygens (including phenoxy) is 1. The first-order valence-electron chi connectivity index (χ1n) is 4.93. The van der Waals surface area contributed by atoms with Crippen molar-refractivity contribution in [3.05, 3.63) is 0 Å². The predicted octanol–water partition coefficient (Wildman–Crippen LogP) is 1.42. The van der Waals surface area contributed by atoms with E-state index < -0.39 is 17.3 Å². The molecule has 0 heterocycles. The zero-order valence-corrected chi connectivity index (χ0v) is 9.26. The molecule has 0 unspecified atom stereocenters. The molecule has 1 rings (SSSR count). The Labute approximate surface area is 84.6 Å². The fourth-order valence-corrected chi connectivity index (χ4v) is 1.38. The number of carbonyl (C=O) groups excluding carboxylic acids is 1. The first-order valence-corrected chi connectivity index (χ1v) is 4.93. The normalized spacial score (nSPS) is 31.9. The molecule has 0 bridgehead atoms. The van der Waals surface area contributed by atoms with E-state index in [4.69, 9.17) is 4.74 Å². The molecule has 1 saturated carbocycles. The van der Waals surface area contributed by atoms with Gasteiger partial charge in [-0.1, -0.05) is 0 Å². The second-order valence-corrected chi connectivity index (χ2v) is 5.09. The minimum Gasteiger partial charge on any atom is -0.444 e. The van der Waals surface area contributed by atoms with Crippen molar-refractivity contribution in [3.63, 3.8) is 0 Å². The van der Waals surface area contributed by atoms with E-state index in [9.17, 15) is 9.90 Å². The van der Waals surface area contributed by atoms with Crippen LogP contribution in [0, 0.1) is 0 Å².